The fourth-order valence-corrected chi connectivity index (χ4v) is 3.29. The van der Waals surface area contributed by atoms with E-state index in [0.717, 1.165) is 4.57 Å². The van der Waals surface area contributed by atoms with Gasteiger partial charge in [0.15, 0.2) is 6.23 Å². The molecule has 0 radical (unpaired) electrons. The van der Waals surface area contributed by atoms with Crippen molar-refractivity contribution in [3.05, 3.63) is 32.6 Å². The molecular weight excluding hydrogens is 352 g/mol. The second-order valence-electron chi connectivity index (χ2n) is 6.52. The quantitative estimate of drug-likeness (QED) is 0.361. The van der Waals surface area contributed by atoms with Crippen LogP contribution in [0.2, 0.25) is 0 Å². The van der Waals surface area contributed by atoms with Crippen LogP contribution in [0.25, 0.3) is 0 Å². The molecule has 146 valence electrons. The van der Waals surface area contributed by atoms with Gasteiger partial charge in [0.1, 0.15) is 30.6 Å². The number of aliphatic hydroxyl groups is 5. The minimum absolute atomic E-state index is 0.0265. The van der Waals surface area contributed by atoms with Crippen molar-refractivity contribution in [2.24, 2.45) is 0 Å². The number of hydrogen-bond acceptors (Lipinski definition) is 9. The fourth-order valence-electron chi connectivity index (χ4n) is 3.29. The summed E-state index contributed by atoms with van der Waals surface area (Å²) in [6.45, 7) is 0.421. The number of ether oxygens (including phenoxy) is 2. The molecule has 7 atom stereocenters. The van der Waals surface area contributed by atoms with Crippen molar-refractivity contribution >= 4 is 0 Å². The Morgan fingerprint density at radius 3 is 2.27 bits per heavy atom. The van der Waals surface area contributed by atoms with E-state index >= 15 is 0 Å². The first-order valence-electron chi connectivity index (χ1n) is 8.21. The zero-order valence-corrected chi connectivity index (χ0v) is 14.0. The molecule has 0 saturated carbocycles. The third kappa shape index (κ3) is 3.01. The Labute approximate surface area is 147 Å². The van der Waals surface area contributed by atoms with Crippen molar-refractivity contribution in [2.45, 2.75) is 56.3 Å². The Kier molecular flexibility index (Phi) is 5.30. The first-order chi connectivity index (χ1) is 12.3. The van der Waals surface area contributed by atoms with Gasteiger partial charge in [-0.1, -0.05) is 0 Å². The van der Waals surface area contributed by atoms with Gasteiger partial charge in [-0.05, 0) is 6.92 Å². The highest BCUT2D eigenvalue weighted by Crippen LogP contribution is 2.29. The van der Waals surface area contributed by atoms with Crippen LogP contribution in [0, 0.1) is 6.92 Å². The molecule has 2 aliphatic rings. The van der Waals surface area contributed by atoms with Crippen LogP contribution in [0.1, 0.15) is 24.4 Å². The van der Waals surface area contributed by atoms with Gasteiger partial charge in [-0.3, -0.25) is 9.36 Å². The van der Waals surface area contributed by atoms with Crippen molar-refractivity contribution in [1.29, 1.82) is 0 Å². The zero-order chi connectivity index (χ0) is 19.2. The molecule has 1 aromatic heterocycles. The molecule has 1 unspecified atom stereocenters. The van der Waals surface area contributed by atoms with E-state index in [0.29, 0.717) is 4.57 Å². The van der Waals surface area contributed by atoms with Crippen LogP contribution in [0.15, 0.2) is 15.8 Å². The van der Waals surface area contributed by atoms with Gasteiger partial charge in [0.2, 0.25) is 0 Å². The normalized spacial score (nSPS) is 37.4. The van der Waals surface area contributed by atoms with E-state index in [1.807, 2.05) is 0 Å². The predicted molar refractivity (Wildman–Crippen MR) is 84.3 cm³/mol. The maximum atomic E-state index is 12.8. The minimum Gasteiger partial charge on any atom is -0.394 e. The van der Waals surface area contributed by atoms with Crippen molar-refractivity contribution in [1.82, 2.24) is 9.13 Å². The molecule has 0 aliphatic carbocycles. The van der Waals surface area contributed by atoms with Crippen LogP contribution in [-0.2, 0) is 9.47 Å². The molecule has 11 heteroatoms. The van der Waals surface area contributed by atoms with Crippen LogP contribution >= 0.6 is 0 Å². The van der Waals surface area contributed by atoms with Crippen molar-refractivity contribution in [3.63, 3.8) is 0 Å². The summed E-state index contributed by atoms with van der Waals surface area (Å²) < 4.78 is 12.5. The first-order valence-corrected chi connectivity index (χ1v) is 8.21. The molecule has 3 heterocycles. The van der Waals surface area contributed by atoms with Crippen LogP contribution in [0.3, 0.4) is 0 Å². The van der Waals surface area contributed by atoms with Gasteiger partial charge in [-0.15, -0.1) is 0 Å². The highest BCUT2D eigenvalue weighted by atomic mass is 16.6. The van der Waals surface area contributed by atoms with Gasteiger partial charge in [-0.2, -0.15) is 0 Å². The Balaban J connectivity index is 2.04. The van der Waals surface area contributed by atoms with Gasteiger partial charge in [0.25, 0.3) is 5.56 Å². The molecule has 0 spiro atoms. The summed E-state index contributed by atoms with van der Waals surface area (Å²) in [4.78, 5) is 25.3. The Bertz CT molecular complexity index is 775. The lowest BCUT2D eigenvalue weighted by molar-refractivity contribution is -0.0633. The topological polar surface area (TPSA) is 164 Å². The van der Waals surface area contributed by atoms with Gasteiger partial charge < -0.3 is 35.0 Å². The van der Waals surface area contributed by atoms with E-state index in [2.05, 4.69) is 0 Å². The number of aliphatic hydroxyl groups excluding tert-OH is 5. The molecule has 5 N–H and O–H groups in total. The van der Waals surface area contributed by atoms with E-state index in [-0.39, 0.29) is 12.0 Å². The summed E-state index contributed by atoms with van der Waals surface area (Å²) in [5.41, 5.74) is -1.45. The molecule has 1 aromatic rings. The molecular formula is C15H22N2O9. The smallest absolute Gasteiger partial charge is 0.335 e. The third-order valence-corrected chi connectivity index (χ3v) is 4.78. The molecule has 0 bridgehead atoms. The minimum atomic E-state index is -1.59. The van der Waals surface area contributed by atoms with E-state index in [1.165, 1.54) is 13.1 Å². The van der Waals surface area contributed by atoms with E-state index in [4.69, 9.17) is 9.47 Å². The zero-order valence-electron chi connectivity index (χ0n) is 14.0. The molecule has 0 aromatic carbocycles. The Morgan fingerprint density at radius 1 is 1.08 bits per heavy atom. The Morgan fingerprint density at radius 2 is 1.73 bits per heavy atom. The fraction of sp³-hybridized carbons (Fsp3) is 0.733. The molecule has 3 rings (SSSR count). The standard InChI is InChI=1S/C15H22N2O9/c1-6-3-16(10-2-7(20)8(4-18)25-10)15(24)17(13(6)23)14-12(22)11(21)9(5-19)26-14/h3,7-12,14,18-22H,2,4-5H2,1H3/t7-,8+,9+,10+,11+,12-,14?/m0/s1. The number of nitrogens with zero attached hydrogens (tertiary/aromatic N) is 2. The molecule has 0 amide bonds. The van der Waals surface area contributed by atoms with Crippen molar-refractivity contribution in [3.8, 4) is 0 Å². The lowest BCUT2D eigenvalue weighted by Crippen LogP contribution is -2.47. The maximum absolute atomic E-state index is 12.8. The Hall–Kier alpha value is -1.60. The van der Waals surface area contributed by atoms with Crippen LogP contribution < -0.4 is 11.2 Å². The molecule has 2 fully saturated rings. The number of hydrogen-bond donors (Lipinski definition) is 5. The molecule has 26 heavy (non-hydrogen) atoms. The van der Waals surface area contributed by atoms with E-state index < -0.39 is 67.4 Å². The monoisotopic (exact) mass is 374 g/mol. The average molecular weight is 374 g/mol. The summed E-state index contributed by atoms with van der Waals surface area (Å²) in [5.74, 6) is 0. The number of rotatable bonds is 4. The lowest BCUT2D eigenvalue weighted by Gasteiger charge is -2.21. The van der Waals surface area contributed by atoms with Crippen LogP contribution in [0.5, 0.6) is 0 Å². The van der Waals surface area contributed by atoms with Gasteiger partial charge >= 0.3 is 5.69 Å². The van der Waals surface area contributed by atoms with E-state index in [9.17, 15) is 35.1 Å². The maximum Gasteiger partial charge on any atom is 0.335 e. The predicted octanol–water partition coefficient (Wildman–Crippen LogP) is -3.43. The van der Waals surface area contributed by atoms with Gasteiger partial charge in [0, 0.05) is 18.2 Å². The summed E-state index contributed by atoms with van der Waals surface area (Å²) in [6.07, 6.45) is -7.14. The second kappa shape index (κ2) is 7.19. The largest absolute Gasteiger partial charge is 0.394 e. The number of aryl methyl sites for hydroxylation is 1. The lowest BCUT2D eigenvalue weighted by atomic mass is 10.1. The second-order valence-corrected chi connectivity index (χ2v) is 6.52. The van der Waals surface area contributed by atoms with E-state index in [1.54, 1.807) is 0 Å². The third-order valence-electron chi connectivity index (χ3n) is 4.78. The van der Waals surface area contributed by atoms with Crippen molar-refractivity contribution < 1.29 is 35.0 Å². The summed E-state index contributed by atoms with van der Waals surface area (Å²) in [7, 11) is 0. The van der Waals surface area contributed by atoms with Crippen LogP contribution in [-0.4, -0.2) is 78.4 Å². The molecule has 2 aliphatic heterocycles. The van der Waals surface area contributed by atoms with Gasteiger partial charge in [0.05, 0.1) is 19.3 Å². The van der Waals surface area contributed by atoms with Crippen LogP contribution in [0.4, 0.5) is 0 Å². The summed E-state index contributed by atoms with van der Waals surface area (Å²) in [6, 6.07) is 0. The highest BCUT2D eigenvalue weighted by Gasteiger charge is 2.45. The molecule has 11 nitrogen and oxygen atoms in total. The highest BCUT2D eigenvalue weighted by molar-refractivity contribution is 5.06. The summed E-state index contributed by atoms with van der Waals surface area (Å²) >= 11 is 0. The average Bonchev–Trinajstić information content (AvgIpc) is 3.12. The van der Waals surface area contributed by atoms with Gasteiger partial charge in [-0.25, -0.2) is 9.36 Å². The van der Waals surface area contributed by atoms with Crippen molar-refractivity contribution in [2.75, 3.05) is 13.2 Å². The molecule has 2 saturated heterocycles. The number of aromatic nitrogens is 2. The first kappa shape index (κ1) is 19.2. The SMILES string of the molecule is Cc1cn([C@H]2C[C@H](O)[C@@H](CO)O2)c(=O)n(C2O[C@H](CO)[C@@H](O)[C@@H]2O)c1=O. The summed E-state index contributed by atoms with van der Waals surface area (Å²) in [5, 5.41) is 48.2.